The number of anilines is 1. The second-order valence-electron chi connectivity index (χ2n) is 3.35. The van der Waals surface area contributed by atoms with Gasteiger partial charge in [0, 0.05) is 16.8 Å². The third-order valence-electron chi connectivity index (χ3n) is 2.03. The van der Waals surface area contributed by atoms with Gasteiger partial charge in [-0.05, 0) is 36.4 Å². The molecule has 0 unspecified atom stereocenters. The Bertz CT molecular complexity index is 532. The van der Waals surface area contributed by atoms with Crippen molar-refractivity contribution < 1.29 is 9.21 Å². The SMILES string of the molecule is O=C(/C=C/c1ccco1)Nc1cccc(Cl)c1. The number of furan rings is 1. The number of hydrogen-bond donors (Lipinski definition) is 1. The Labute approximate surface area is 104 Å². The second kappa shape index (κ2) is 5.37. The fraction of sp³-hybridized carbons (Fsp3) is 0. The van der Waals surface area contributed by atoms with Gasteiger partial charge in [-0.25, -0.2) is 0 Å². The highest BCUT2D eigenvalue weighted by atomic mass is 35.5. The van der Waals surface area contributed by atoms with E-state index >= 15 is 0 Å². The van der Waals surface area contributed by atoms with Crippen molar-refractivity contribution in [2.24, 2.45) is 0 Å². The van der Waals surface area contributed by atoms with Crippen molar-refractivity contribution in [3.05, 3.63) is 59.5 Å². The van der Waals surface area contributed by atoms with Gasteiger partial charge in [-0.2, -0.15) is 0 Å². The predicted octanol–water partition coefficient (Wildman–Crippen LogP) is 3.58. The average molecular weight is 248 g/mol. The first-order valence-electron chi connectivity index (χ1n) is 5.02. The molecule has 4 heteroatoms. The van der Waals surface area contributed by atoms with Crippen LogP contribution in [0.5, 0.6) is 0 Å². The van der Waals surface area contributed by atoms with Gasteiger partial charge in [0.1, 0.15) is 5.76 Å². The van der Waals surface area contributed by atoms with Crippen LogP contribution in [-0.2, 0) is 4.79 Å². The molecule has 0 aliphatic heterocycles. The Morgan fingerprint density at radius 3 is 2.88 bits per heavy atom. The summed E-state index contributed by atoms with van der Waals surface area (Å²) in [7, 11) is 0. The van der Waals surface area contributed by atoms with E-state index in [4.69, 9.17) is 16.0 Å². The first-order valence-corrected chi connectivity index (χ1v) is 5.40. The van der Waals surface area contributed by atoms with Crippen molar-refractivity contribution in [3.63, 3.8) is 0 Å². The van der Waals surface area contributed by atoms with Crippen LogP contribution in [0.4, 0.5) is 5.69 Å². The van der Waals surface area contributed by atoms with Crippen LogP contribution < -0.4 is 5.32 Å². The summed E-state index contributed by atoms with van der Waals surface area (Å²) in [6.45, 7) is 0. The van der Waals surface area contributed by atoms with Gasteiger partial charge in [-0.3, -0.25) is 4.79 Å². The molecular formula is C13H10ClNO2. The summed E-state index contributed by atoms with van der Waals surface area (Å²) in [6, 6.07) is 10.5. The fourth-order valence-corrected chi connectivity index (χ4v) is 1.48. The number of nitrogens with one attached hydrogen (secondary N) is 1. The molecule has 0 radical (unpaired) electrons. The zero-order valence-electron chi connectivity index (χ0n) is 8.89. The topological polar surface area (TPSA) is 42.2 Å². The third kappa shape index (κ3) is 3.50. The summed E-state index contributed by atoms with van der Waals surface area (Å²) in [5.74, 6) is 0.398. The number of hydrogen-bond acceptors (Lipinski definition) is 2. The van der Waals surface area contributed by atoms with Crippen molar-refractivity contribution in [3.8, 4) is 0 Å². The lowest BCUT2D eigenvalue weighted by molar-refractivity contribution is -0.111. The maximum Gasteiger partial charge on any atom is 0.248 e. The normalized spacial score (nSPS) is 10.6. The molecule has 0 bridgehead atoms. The minimum absolute atomic E-state index is 0.233. The van der Waals surface area contributed by atoms with Gasteiger partial charge < -0.3 is 9.73 Å². The minimum atomic E-state index is -0.233. The highest BCUT2D eigenvalue weighted by Gasteiger charge is 1.98. The molecule has 0 fully saturated rings. The Hall–Kier alpha value is -2.00. The van der Waals surface area contributed by atoms with Crippen LogP contribution in [0.2, 0.25) is 5.02 Å². The van der Waals surface area contributed by atoms with Crippen molar-refractivity contribution in [2.45, 2.75) is 0 Å². The molecule has 0 aliphatic carbocycles. The van der Waals surface area contributed by atoms with Crippen molar-refractivity contribution >= 4 is 29.3 Å². The number of benzene rings is 1. The van der Waals surface area contributed by atoms with Gasteiger partial charge in [0.2, 0.25) is 5.91 Å². The molecule has 1 amide bonds. The molecule has 17 heavy (non-hydrogen) atoms. The van der Waals surface area contributed by atoms with E-state index in [-0.39, 0.29) is 5.91 Å². The predicted molar refractivity (Wildman–Crippen MR) is 67.8 cm³/mol. The van der Waals surface area contributed by atoms with Crippen LogP contribution >= 0.6 is 11.6 Å². The maximum atomic E-state index is 11.5. The van der Waals surface area contributed by atoms with Gasteiger partial charge in [0.05, 0.1) is 6.26 Å². The monoisotopic (exact) mass is 247 g/mol. The molecule has 2 aromatic rings. The zero-order chi connectivity index (χ0) is 12.1. The van der Waals surface area contributed by atoms with Crippen molar-refractivity contribution in [1.29, 1.82) is 0 Å². The minimum Gasteiger partial charge on any atom is -0.465 e. The first-order chi connectivity index (χ1) is 8.24. The quantitative estimate of drug-likeness (QED) is 0.843. The smallest absolute Gasteiger partial charge is 0.248 e. The zero-order valence-corrected chi connectivity index (χ0v) is 9.65. The van der Waals surface area contributed by atoms with Gasteiger partial charge >= 0.3 is 0 Å². The summed E-state index contributed by atoms with van der Waals surface area (Å²) in [5, 5.41) is 3.27. The third-order valence-corrected chi connectivity index (χ3v) is 2.27. The number of halogens is 1. The van der Waals surface area contributed by atoms with Gasteiger partial charge in [-0.15, -0.1) is 0 Å². The number of amides is 1. The van der Waals surface area contributed by atoms with E-state index in [9.17, 15) is 4.79 Å². The molecule has 3 nitrogen and oxygen atoms in total. The molecule has 1 aromatic carbocycles. The van der Waals surface area contributed by atoms with Crippen LogP contribution in [0.3, 0.4) is 0 Å². The largest absolute Gasteiger partial charge is 0.465 e. The van der Waals surface area contributed by atoms with Gasteiger partial charge in [0.25, 0.3) is 0 Å². The summed E-state index contributed by atoms with van der Waals surface area (Å²) >= 11 is 5.80. The Morgan fingerprint density at radius 1 is 1.29 bits per heavy atom. The molecule has 0 atom stereocenters. The van der Waals surface area contributed by atoms with E-state index in [0.717, 1.165) is 0 Å². The molecule has 2 rings (SSSR count). The van der Waals surface area contributed by atoms with Crippen LogP contribution in [0.25, 0.3) is 6.08 Å². The molecule has 0 spiro atoms. The molecule has 1 N–H and O–H groups in total. The van der Waals surface area contributed by atoms with E-state index < -0.39 is 0 Å². The van der Waals surface area contributed by atoms with Gasteiger partial charge in [-0.1, -0.05) is 17.7 Å². The van der Waals surface area contributed by atoms with Crippen molar-refractivity contribution in [1.82, 2.24) is 0 Å². The van der Waals surface area contributed by atoms with Crippen LogP contribution in [-0.4, -0.2) is 5.91 Å². The lowest BCUT2D eigenvalue weighted by Crippen LogP contribution is -2.07. The van der Waals surface area contributed by atoms with E-state index in [1.807, 2.05) is 0 Å². The summed E-state index contributed by atoms with van der Waals surface area (Å²) in [6.07, 6.45) is 4.55. The van der Waals surface area contributed by atoms with E-state index in [1.54, 1.807) is 48.7 Å². The molecule has 1 aromatic heterocycles. The van der Waals surface area contributed by atoms with E-state index in [2.05, 4.69) is 5.32 Å². The van der Waals surface area contributed by atoms with Crippen LogP contribution in [0, 0.1) is 0 Å². The highest BCUT2D eigenvalue weighted by Crippen LogP contribution is 2.14. The molecular weight excluding hydrogens is 238 g/mol. The molecule has 0 saturated carbocycles. The van der Waals surface area contributed by atoms with Crippen LogP contribution in [0.1, 0.15) is 5.76 Å². The lowest BCUT2D eigenvalue weighted by atomic mass is 10.3. The maximum absolute atomic E-state index is 11.5. The van der Waals surface area contributed by atoms with E-state index in [1.165, 1.54) is 6.08 Å². The number of carbonyl (C=O) groups excluding carboxylic acids is 1. The summed E-state index contributed by atoms with van der Waals surface area (Å²) in [4.78, 5) is 11.5. The number of rotatable bonds is 3. The average Bonchev–Trinajstić information content (AvgIpc) is 2.79. The lowest BCUT2D eigenvalue weighted by Gasteiger charge is -2.01. The Morgan fingerprint density at radius 2 is 2.18 bits per heavy atom. The molecule has 0 saturated heterocycles. The van der Waals surface area contributed by atoms with E-state index in [0.29, 0.717) is 16.5 Å². The molecule has 1 heterocycles. The second-order valence-corrected chi connectivity index (χ2v) is 3.78. The van der Waals surface area contributed by atoms with Gasteiger partial charge in [0.15, 0.2) is 0 Å². The Kier molecular flexibility index (Phi) is 3.62. The summed E-state index contributed by atoms with van der Waals surface area (Å²) in [5.41, 5.74) is 0.659. The summed E-state index contributed by atoms with van der Waals surface area (Å²) < 4.78 is 5.07. The first kappa shape index (κ1) is 11.5. The molecule has 0 aliphatic rings. The fourth-order valence-electron chi connectivity index (χ4n) is 1.29. The highest BCUT2D eigenvalue weighted by molar-refractivity contribution is 6.30. The van der Waals surface area contributed by atoms with Crippen LogP contribution in [0.15, 0.2) is 53.2 Å². The van der Waals surface area contributed by atoms with Crippen molar-refractivity contribution in [2.75, 3.05) is 5.32 Å². The number of carbonyl (C=O) groups is 1. The standard InChI is InChI=1S/C13H10ClNO2/c14-10-3-1-4-11(9-10)15-13(16)7-6-12-5-2-8-17-12/h1-9H,(H,15,16)/b7-6+. The molecule has 86 valence electrons. The Balaban J connectivity index is 1.98.